The predicted octanol–water partition coefficient (Wildman–Crippen LogP) is 2.20. The van der Waals surface area contributed by atoms with Crippen LogP contribution < -0.4 is 10.5 Å². The van der Waals surface area contributed by atoms with Crippen molar-refractivity contribution in [1.29, 1.82) is 0 Å². The fourth-order valence-corrected chi connectivity index (χ4v) is 1.57. The summed E-state index contributed by atoms with van der Waals surface area (Å²) in [6.07, 6.45) is -8.05. The molecule has 0 atom stereocenters. The third-order valence-electron chi connectivity index (χ3n) is 2.27. The molecule has 0 unspecified atom stereocenters. The molecule has 0 saturated heterocycles. The molecule has 0 fully saturated rings. The van der Waals surface area contributed by atoms with Gasteiger partial charge in [0, 0.05) is 0 Å². The van der Waals surface area contributed by atoms with Gasteiger partial charge >= 0.3 is 12.4 Å². The smallest absolute Gasteiger partial charge is 0.409 e. The maximum Gasteiger partial charge on any atom is 0.540 e. The zero-order valence-electron chi connectivity index (χ0n) is 8.55. The second-order valence-electron chi connectivity index (χ2n) is 3.55. The quantitative estimate of drug-likeness (QED) is 0.819. The van der Waals surface area contributed by atoms with Crippen LogP contribution in [-0.2, 0) is 17.3 Å². The van der Waals surface area contributed by atoms with Gasteiger partial charge in [0.25, 0.3) is 0 Å². The number of halogens is 4. The van der Waals surface area contributed by atoms with E-state index in [1.54, 1.807) is 0 Å². The summed E-state index contributed by atoms with van der Waals surface area (Å²) in [6, 6.07) is 3.52. The number of hydrogen-bond donors (Lipinski definition) is 1. The van der Waals surface area contributed by atoms with Crippen LogP contribution in [0.3, 0.4) is 0 Å². The summed E-state index contributed by atoms with van der Waals surface area (Å²) in [4.78, 5) is 0. The van der Waals surface area contributed by atoms with E-state index in [0.717, 1.165) is 12.1 Å². The Kier molecular flexibility index (Phi) is 2.75. The van der Waals surface area contributed by atoms with Crippen LogP contribution in [0, 0.1) is 0 Å². The van der Waals surface area contributed by atoms with Crippen molar-refractivity contribution in [2.45, 2.75) is 18.8 Å². The molecule has 7 heteroatoms. The standard InChI is InChI=1S/C10H9F4NO2/c11-9(12)7-5-6(3-4-15)1-2-8(7)16-10(13,14)17-9/h1-2,5H,3-4,15H2. The lowest BCUT2D eigenvalue weighted by atomic mass is 10.1. The lowest BCUT2D eigenvalue weighted by molar-refractivity contribution is -0.461. The van der Waals surface area contributed by atoms with Crippen molar-refractivity contribution in [3.63, 3.8) is 0 Å². The van der Waals surface area contributed by atoms with Crippen molar-refractivity contribution in [3.8, 4) is 5.75 Å². The van der Waals surface area contributed by atoms with E-state index in [9.17, 15) is 17.6 Å². The molecule has 0 bridgehead atoms. The van der Waals surface area contributed by atoms with Crippen LogP contribution in [0.15, 0.2) is 18.2 Å². The average molecular weight is 251 g/mol. The van der Waals surface area contributed by atoms with Crippen LogP contribution in [0.25, 0.3) is 0 Å². The molecule has 1 aromatic carbocycles. The molecule has 0 aromatic heterocycles. The Labute approximate surface area is 94.1 Å². The molecule has 1 heterocycles. The summed E-state index contributed by atoms with van der Waals surface area (Å²) in [5, 5.41) is 0. The van der Waals surface area contributed by atoms with Crippen molar-refractivity contribution < 1.29 is 27.0 Å². The fourth-order valence-electron chi connectivity index (χ4n) is 1.57. The summed E-state index contributed by atoms with van der Waals surface area (Å²) >= 11 is 0. The number of rotatable bonds is 2. The van der Waals surface area contributed by atoms with Crippen LogP contribution in [0.5, 0.6) is 5.75 Å². The summed E-state index contributed by atoms with van der Waals surface area (Å²) < 4.78 is 59.3. The molecule has 3 nitrogen and oxygen atoms in total. The number of alkyl halides is 4. The lowest BCUT2D eigenvalue weighted by Gasteiger charge is -2.30. The van der Waals surface area contributed by atoms with E-state index in [1.165, 1.54) is 6.07 Å². The van der Waals surface area contributed by atoms with Gasteiger partial charge in [0.15, 0.2) is 0 Å². The first kappa shape index (κ1) is 12.1. The minimum atomic E-state index is -4.33. The Morgan fingerprint density at radius 3 is 2.53 bits per heavy atom. The Bertz CT molecular complexity index is 436. The highest BCUT2D eigenvalue weighted by Crippen LogP contribution is 2.46. The van der Waals surface area contributed by atoms with Crippen molar-refractivity contribution >= 4 is 0 Å². The number of ether oxygens (including phenoxy) is 2. The third kappa shape index (κ3) is 2.34. The molecule has 0 radical (unpaired) electrons. The van der Waals surface area contributed by atoms with E-state index >= 15 is 0 Å². The largest absolute Gasteiger partial charge is 0.540 e. The summed E-state index contributed by atoms with van der Waals surface area (Å²) in [7, 11) is 0. The van der Waals surface area contributed by atoms with Crippen LogP contribution in [0.4, 0.5) is 17.6 Å². The zero-order chi connectivity index (χ0) is 12.7. The molecule has 1 aliphatic rings. The lowest BCUT2D eigenvalue weighted by Crippen LogP contribution is -2.41. The van der Waals surface area contributed by atoms with Gasteiger partial charge in [-0.1, -0.05) is 6.07 Å². The fraction of sp³-hybridized carbons (Fsp3) is 0.400. The molecule has 1 aliphatic heterocycles. The van der Waals surface area contributed by atoms with Gasteiger partial charge in [0.2, 0.25) is 0 Å². The van der Waals surface area contributed by atoms with E-state index in [1.807, 2.05) is 0 Å². The summed E-state index contributed by atoms with van der Waals surface area (Å²) in [6.45, 7) is 0.266. The van der Waals surface area contributed by atoms with E-state index in [2.05, 4.69) is 9.47 Å². The second-order valence-corrected chi connectivity index (χ2v) is 3.55. The van der Waals surface area contributed by atoms with Gasteiger partial charge in [-0.2, -0.15) is 8.78 Å². The van der Waals surface area contributed by atoms with Gasteiger partial charge in [-0.05, 0) is 30.7 Å². The monoisotopic (exact) mass is 251 g/mol. The molecular weight excluding hydrogens is 242 g/mol. The van der Waals surface area contributed by atoms with Gasteiger partial charge in [0.05, 0.1) is 5.56 Å². The van der Waals surface area contributed by atoms with Crippen molar-refractivity contribution in [2.24, 2.45) is 5.73 Å². The molecule has 1 aromatic rings. The third-order valence-corrected chi connectivity index (χ3v) is 2.27. The average Bonchev–Trinajstić information content (AvgIpc) is 2.17. The minimum absolute atomic E-state index is 0.266. The number of benzene rings is 1. The normalized spacial score (nSPS) is 20.5. The maximum absolute atomic E-state index is 13.3. The van der Waals surface area contributed by atoms with Gasteiger partial charge in [-0.25, -0.2) is 4.74 Å². The number of hydrogen-bond acceptors (Lipinski definition) is 3. The van der Waals surface area contributed by atoms with Crippen molar-refractivity contribution in [3.05, 3.63) is 29.3 Å². The molecule has 2 rings (SSSR count). The summed E-state index contributed by atoms with van der Waals surface area (Å²) in [5.74, 6) is -0.591. The first-order valence-corrected chi connectivity index (χ1v) is 4.82. The molecule has 2 N–H and O–H groups in total. The highest BCUT2D eigenvalue weighted by molar-refractivity contribution is 5.40. The SMILES string of the molecule is NCCc1ccc2c(c1)C(F)(F)OC(F)(F)O2. The maximum atomic E-state index is 13.3. The molecular formula is C10H9F4NO2. The Morgan fingerprint density at radius 1 is 1.18 bits per heavy atom. The first-order valence-electron chi connectivity index (χ1n) is 4.82. The molecule has 0 amide bonds. The minimum Gasteiger partial charge on any atom is -0.409 e. The van der Waals surface area contributed by atoms with Gasteiger partial charge in [0.1, 0.15) is 5.75 Å². The van der Waals surface area contributed by atoms with Crippen LogP contribution in [0.2, 0.25) is 0 Å². The van der Waals surface area contributed by atoms with E-state index in [0.29, 0.717) is 12.0 Å². The highest BCUT2D eigenvalue weighted by Gasteiger charge is 2.54. The Morgan fingerprint density at radius 2 is 1.88 bits per heavy atom. The molecule has 0 saturated carbocycles. The molecule has 0 spiro atoms. The first-order chi connectivity index (χ1) is 7.84. The Hall–Kier alpha value is -1.34. The number of fused-ring (bicyclic) bond motifs is 1. The van der Waals surface area contributed by atoms with E-state index in [-0.39, 0.29) is 6.54 Å². The predicted molar refractivity (Wildman–Crippen MR) is 49.8 cm³/mol. The van der Waals surface area contributed by atoms with Crippen molar-refractivity contribution in [1.82, 2.24) is 0 Å². The zero-order valence-corrected chi connectivity index (χ0v) is 8.55. The molecule has 0 aliphatic carbocycles. The molecule has 94 valence electrons. The van der Waals surface area contributed by atoms with Crippen LogP contribution >= 0.6 is 0 Å². The van der Waals surface area contributed by atoms with Crippen LogP contribution in [0.1, 0.15) is 11.1 Å². The van der Waals surface area contributed by atoms with Crippen LogP contribution in [-0.4, -0.2) is 12.8 Å². The topological polar surface area (TPSA) is 44.5 Å². The van der Waals surface area contributed by atoms with Gasteiger partial charge < -0.3 is 10.5 Å². The second kappa shape index (κ2) is 3.85. The van der Waals surface area contributed by atoms with Gasteiger partial charge in [-0.15, -0.1) is 8.78 Å². The molecule has 17 heavy (non-hydrogen) atoms. The van der Waals surface area contributed by atoms with Gasteiger partial charge in [-0.3, -0.25) is 0 Å². The van der Waals surface area contributed by atoms with E-state index < -0.39 is 23.7 Å². The van der Waals surface area contributed by atoms with E-state index in [4.69, 9.17) is 5.73 Å². The van der Waals surface area contributed by atoms with Crippen molar-refractivity contribution in [2.75, 3.05) is 6.54 Å². The number of nitrogens with two attached hydrogens (primary N) is 1. The summed E-state index contributed by atoms with van der Waals surface area (Å²) in [5.41, 5.74) is 5.07. The highest BCUT2D eigenvalue weighted by atomic mass is 19.3. The Balaban J connectivity index is 2.44.